The van der Waals surface area contributed by atoms with E-state index in [9.17, 15) is 8.78 Å². The number of halogens is 2. The number of alkyl halides is 2. The average molecular weight is 313 g/mol. The lowest BCUT2D eigenvalue weighted by molar-refractivity contribution is 0.0818. The molecule has 0 aliphatic heterocycles. The standard InChI is InChI=1S/C16H25F2N3O/c1-4-19-16(20-9-12(2)3)21-10-13-6-5-7-14(8-13)22-11-15(17)18/h5-8,12,15H,4,9-11H2,1-3H3,(H2,19,20,21). The second-order valence-electron chi connectivity index (χ2n) is 5.32. The predicted molar refractivity (Wildman–Crippen MR) is 85.6 cm³/mol. The highest BCUT2D eigenvalue weighted by molar-refractivity contribution is 5.79. The van der Waals surface area contributed by atoms with Crippen LogP contribution in [0.4, 0.5) is 8.78 Å². The molecule has 0 unspecified atom stereocenters. The number of hydrogen-bond donors (Lipinski definition) is 2. The van der Waals surface area contributed by atoms with E-state index >= 15 is 0 Å². The summed E-state index contributed by atoms with van der Waals surface area (Å²) in [5.41, 5.74) is 0.911. The molecule has 0 radical (unpaired) electrons. The summed E-state index contributed by atoms with van der Waals surface area (Å²) < 4.78 is 29.3. The van der Waals surface area contributed by atoms with Crippen LogP contribution in [-0.4, -0.2) is 32.1 Å². The van der Waals surface area contributed by atoms with Gasteiger partial charge in [-0.15, -0.1) is 0 Å². The van der Waals surface area contributed by atoms with Crippen LogP contribution < -0.4 is 15.4 Å². The lowest BCUT2D eigenvalue weighted by Gasteiger charge is -2.13. The Morgan fingerprint density at radius 1 is 1.27 bits per heavy atom. The Hall–Kier alpha value is -1.85. The first-order chi connectivity index (χ1) is 10.5. The third-order valence-electron chi connectivity index (χ3n) is 2.72. The number of hydrogen-bond acceptors (Lipinski definition) is 2. The van der Waals surface area contributed by atoms with Crippen molar-refractivity contribution in [2.45, 2.75) is 33.7 Å². The molecule has 4 nitrogen and oxygen atoms in total. The van der Waals surface area contributed by atoms with Crippen molar-refractivity contribution < 1.29 is 13.5 Å². The van der Waals surface area contributed by atoms with Crippen LogP contribution >= 0.6 is 0 Å². The minimum Gasteiger partial charge on any atom is -0.488 e. The van der Waals surface area contributed by atoms with Crippen LogP contribution in [0.1, 0.15) is 26.3 Å². The number of nitrogens with zero attached hydrogens (tertiary/aromatic N) is 1. The highest BCUT2D eigenvalue weighted by atomic mass is 19.3. The molecule has 0 aliphatic rings. The molecule has 0 saturated heterocycles. The maximum absolute atomic E-state index is 12.1. The molecule has 1 rings (SSSR count). The average Bonchev–Trinajstić information content (AvgIpc) is 2.48. The van der Waals surface area contributed by atoms with Crippen LogP contribution in [0.2, 0.25) is 0 Å². The first-order valence-electron chi connectivity index (χ1n) is 7.53. The topological polar surface area (TPSA) is 45.7 Å². The van der Waals surface area contributed by atoms with Crippen LogP contribution in [0, 0.1) is 5.92 Å². The zero-order valence-electron chi connectivity index (χ0n) is 13.4. The molecule has 6 heteroatoms. The number of ether oxygens (including phenoxy) is 1. The van der Waals surface area contributed by atoms with Crippen molar-refractivity contribution in [2.24, 2.45) is 10.9 Å². The Morgan fingerprint density at radius 2 is 2.05 bits per heavy atom. The van der Waals surface area contributed by atoms with Gasteiger partial charge in [-0.25, -0.2) is 13.8 Å². The number of guanidine groups is 1. The Labute approximate surface area is 131 Å². The normalized spacial score (nSPS) is 11.9. The molecule has 0 atom stereocenters. The number of nitrogens with one attached hydrogen (secondary N) is 2. The summed E-state index contributed by atoms with van der Waals surface area (Å²) in [6, 6.07) is 7.07. The van der Waals surface area contributed by atoms with Crippen molar-refractivity contribution >= 4 is 5.96 Å². The van der Waals surface area contributed by atoms with Gasteiger partial charge in [-0.2, -0.15) is 0 Å². The second kappa shape index (κ2) is 9.97. The molecule has 22 heavy (non-hydrogen) atoms. The van der Waals surface area contributed by atoms with Crippen molar-refractivity contribution in [1.29, 1.82) is 0 Å². The van der Waals surface area contributed by atoms with E-state index < -0.39 is 13.0 Å². The minimum absolute atomic E-state index is 0.438. The molecular weight excluding hydrogens is 288 g/mol. The number of rotatable bonds is 8. The maximum Gasteiger partial charge on any atom is 0.272 e. The molecule has 0 spiro atoms. The summed E-state index contributed by atoms with van der Waals surface area (Å²) in [7, 11) is 0. The quantitative estimate of drug-likeness (QED) is 0.573. The van der Waals surface area contributed by atoms with Gasteiger partial charge < -0.3 is 15.4 Å². The van der Waals surface area contributed by atoms with Crippen LogP contribution in [-0.2, 0) is 6.54 Å². The van der Waals surface area contributed by atoms with Crippen molar-refractivity contribution in [1.82, 2.24) is 10.6 Å². The summed E-state index contributed by atoms with van der Waals surface area (Å²) in [4.78, 5) is 4.48. The van der Waals surface area contributed by atoms with Crippen molar-refractivity contribution in [2.75, 3.05) is 19.7 Å². The fourth-order valence-corrected chi connectivity index (χ4v) is 1.71. The number of benzene rings is 1. The molecule has 2 N–H and O–H groups in total. The van der Waals surface area contributed by atoms with E-state index in [1.54, 1.807) is 18.2 Å². The van der Waals surface area contributed by atoms with E-state index in [0.29, 0.717) is 18.2 Å². The summed E-state index contributed by atoms with van der Waals surface area (Å²) in [6.45, 7) is 7.74. The second-order valence-corrected chi connectivity index (χ2v) is 5.32. The Balaban J connectivity index is 2.62. The van der Waals surface area contributed by atoms with Gasteiger partial charge in [-0.1, -0.05) is 26.0 Å². The highest BCUT2D eigenvalue weighted by Gasteiger charge is 2.04. The largest absolute Gasteiger partial charge is 0.488 e. The van der Waals surface area contributed by atoms with E-state index in [-0.39, 0.29) is 0 Å². The molecule has 0 aliphatic carbocycles. The van der Waals surface area contributed by atoms with Gasteiger partial charge in [-0.05, 0) is 30.5 Å². The van der Waals surface area contributed by atoms with E-state index in [0.717, 1.165) is 24.6 Å². The lowest BCUT2D eigenvalue weighted by atomic mass is 10.2. The third-order valence-corrected chi connectivity index (χ3v) is 2.72. The Kier molecular flexibility index (Phi) is 8.25. The summed E-state index contributed by atoms with van der Waals surface area (Å²) >= 11 is 0. The fourth-order valence-electron chi connectivity index (χ4n) is 1.71. The van der Waals surface area contributed by atoms with Crippen LogP contribution in [0.25, 0.3) is 0 Å². The fraction of sp³-hybridized carbons (Fsp3) is 0.562. The molecule has 0 amide bonds. The van der Waals surface area contributed by atoms with Crippen molar-refractivity contribution in [3.05, 3.63) is 29.8 Å². The summed E-state index contributed by atoms with van der Waals surface area (Å²) in [6.07, 6.45) is -2.47. The summed E-state index contributed by atoms with van der Waals surface area (Å²) in [5.74, 6) is 1.71. The first-order valence-corrected chi connectivity index (χ1v) is 7.53. The zero-order chi connectivity index (χ0) is 16.4. The van der Waals surface area contributed by atoms with Crippen LogP contribution in [0.3, 0.4) is 0 Å². The summed E-state index contributed by atoms with van der Waals surface area (Å²) in [5, 5.41) is 6.42. The van der Waals surface area contributed by atoms with Crippen LogP contribution in [0.5, 0.6) is 5.75 Å². The highest BCUT2D eigenvalue weighted by Crippen LogP contribution is 2.14. The molecule has 0 bridgehead atoms. The predicted octanol–water partition coefficient (Wildman–Crippen LogP) is 3.04. The molecule has 1 aromatic carbocycles. The molecule has 0 fully saturated rings. The van der Waals surface area contributed by atoms with Gasteiger partial charge in [0.2, 0.25) is 0 Å². The molecule has 0 saturated carbocycles. The SMILES string of the molecule is CCNC(=NCc1cccc(OCC(F)F)c1)NCC(C)C. The van der Waals surface area contributed by atoms with Crippen molar-refractivity contribution in [3.63, 3.8) is 0 Å². The monoisotopic (exact) mass is 313 g/mol. The van der Waals surface area contributed by atoms with Gasteiger partial charge in [-0.3, -0.25) is 0 Å². The van der Waals surface area contributed by atoms with Gasteiger partial charge in [0.05, 0.1) is 6.54 Å². The van der Waals surface area contributed by atoms with Gasteiger partial charge in [0.15, 0.2) is 5.96 Å². The molecule has 0 aromatic heterocycles. The Morgan fingerprint density at radius 3 is 2.68 bits per heavy atom. The molecule has 1 aromatic rings. The molecule has 0 heterocycles. The van der Waals surface area contributed by atoms with Crippen molar-refractivity contribution in [3.8, 4) is 5.75 Å². The van der Waals surface area contributed by atoms with Gasteiger partial charge in [0, 0.05) is 13.1 Å². The molecule has 124 valence electrons. The van der Waals surface area contributed by atoms with Crippen LogP contribution in [0.15, 0.2) is 29.3 Å². The zero-order valence-corrected chi connectivity index (χ0v) is 13.4. The van der Waals surface area contributed by atoms with Gasteiger partial charge >= 0.3 is 0 Å². The smallest absolute Gasteiger partial charge is 0.272 e. The third kappa shape index (κ3) is 7.81. The van der Waals surface area contributed by atoms with E-state index in [1.165, 1.54) is 0 Å². The van der Waals surface area contributed by atoms with Gasteiger partial charge in [0.25, 0.3) is 6.43 Å². The van der Waals surface area contributed by atoms with E-state index in [2.05, 4.69) is 29.5 Å². The maximum atomic E-state index is 12.1. The molecular formula is C16H25F2N3O. The Bertz CT molecular complexity index is 464. The van der Waals surface area contributed by atoms with Gasteiger partial charge in [0.1, 0.15) is 12.4 Å². The number of aliphatic imine (C=N–C) groups is 1. The lowest BCUT2D eigenvalue weighted by Crippen LogP contribution is -2.39. The van der Waals surface area contributed by atoms with E-state index in [4.69, 9.17) is 4.74 Å². The minimum atomic E-state index is -2.47. The van der Waals surface area contributed by atoms with E-state index in [1.807, 2.05) is 13.0 Å². The first kappa shape index (κ1) is 18.2.